The number of carbonyl (C=O) groups excluding carboxylic acids is 2. The molecular formula is C21H32FN2O13P. The molecule has 1 aromatic rings. The van der Waals surface area contributed by atoms with Crippen molar-refractivity contribution in [3.63, 3.8) is 0 Å². The molecule has 0 radical (unpaired) electrons. The normalized spacial score (nSPS) is 21.5. The lowest BCUT2D eigenvalue weighted by Crippen LogP contribution is -2.38. The number of nitrogens with one attached hydrogen (secondary N) is 1. The highest BCUT2D eigenvalue weighted by molar-refractivity contribution is 7.48. The summed E-state index contributed by atoms with van der Waals surface area (Å²) in [5.74, 6) is -0.442. The minimum Gasteiger partial charge on any atom is -0.432 e. The molecule has 2 heterocycles. The van der Waals surface area contributed by atoms with Crippen molar-refractivity contribution in [2.24, 2.45) is 5.92 Å². The van der Waals surface area contributed by atoms with Crippen LogP contribution in [0.2, 0.25) is 0 Å². The first kappa shape index (κ1) is 31.4. The molecule has 216 valence electrons. The highest BCUT2D eigenvalue weighted by Crippen LogP contribution is 2.52. The molecule has 0 saturated carbocycles. The molecule has 1 unspecified atom stereocenters. The second-order valence-electron chi connectivity index (χ2n) is 8.86. The van der Waals surface area contributed by atoms with E-state index in [2.05, 4.69) is 14.5 Å². The number of phosphoric ester groups is 1. The van der Waals surface area contributed by atoms with Gasteiger partial charge in [-0.15, -0.1) is 0 Å². The van der Waals surface area contributed by atoms with Gasteiger partial charge in [0.25, 0.3) is 5.56 Å². The largest absolute Gasteiger partial charge is 0.510 e. The monoisotopic (exact) mass is 570 g/mol. The summed E-state index contributed by atoms with van der Waals surface area (Å²) in [6.45, 7) is 4.23. The zero-order valence-corrected chi connectivity index (χ0v) is 22.5. The van der Waals surface area contributed by atoms with Gasteiger partial charge < -0.3 is 23.7 Å². The number of hydrogen-bond donors (Lipinski definition) is 1. The molecule has 0 spiro atoms. The Labute approximate surface area is 217 Å². The summed E-state index contributed by atoms with van der Waals surface area (Å²) in [5.41, 5.74) is -3.08. The number of aromatic nitrogens is 2. The quantitative estimate of drug-likeness (QED) is 0.208. The van der Waals surface area contributed by atoms with Crippen molar-refractivity contribution < 1.29 is 55.8 Å². The molecule has 1 saturated heterocycles. The number of halogens is 1. The van der Waals surface area contributed by atoms with E-state index in [0.717, 1.165) is 10.6 Å². The Hall–Kier alpha value is -2.78. The summed E-state index contributed by atoms with van der Waals surface area (Å²) in [5, 5.41) is 0. The zero-order valence-electron chi connectivity index (χ0n) is 21.6. The Morgan fingerprint density at radius 3 is 2.13 bits per heavy atom. The van der Waals surface area contributed by atoms with Crippen molar-refractivity contribution in [1.82, 2.24) is 9.55 Å². The third-order valence-corrected chi connectivity index (χ3v) is 6.13. The zero-order chi connectivity index (χ0) is 28.5. The molecule has 38 heavy (non-hydrogen) atoms. The van der Waals surface area contributed by atoms with Crippen LogP contribution in [0.25, 0.3) is 0 Å². The number of alkyl halides is 1. The van der Waals surface area contributed by atoms with Crippen molar-refractivity contribution >= 4 is 20.1 Å². The number of H-pyrrole nitrogens is 1. The van der Waals surface area contributed by atoms with Gasteiger partial charge >= 0.3 is 25.8 Å². The first-order valence-electron chi connectivity index (χ1n) is 11.5. The molecule has 2 rings (SSSR count). The summed E-state index contributed by atoms with van der Waals surface area (Å²) in [7, 11) is -4.66. The van der Waals surface area contributed by atoms with Crippen molar-refractivity contribution in [3.05, 3.63) is 33.1 Å². The molecule has 1 aromatic heterocycles. The predicted octanol–water partition coefficient (Wildman–Crippen LogP) is 3.00. The van der Waals surface area contributed by atoms with E-state index in [0.29, 0.717) is 0 Å². The summed E-state index contributed by atoms with van der Waals surface area (Å²) < 4.78 is 68.2. The number of nitrogens with zero attached hydrogens (tertiary/aromatic N) is 1. The topological polar surface area (TPSA) is 180 Å². The molecule has 17 heteroatoms. The van der Waals surface area contributed by atoms with Crippen LogP contribution in [0.4, 0.5) is 14.0 Å². The van der Waals surface area contributed by atoms with E-state index in [1.165, 1.54) is 6.20 Å². The van der Waals surface area contributed by atoms with Crippen molar-refractivity contribution in [2.75, 3.05) is 26.9 Å². The first-order chi connectivity index (χ1) is 17.8. The van der Waals surface area contributed by atoms with Crippen LogP contribution in [-0.4, -0.2) is 66.5 Å². The van der Waals surface area contributed by atoms with Gasteiger partial charge in [0.1, 0.15) is 18.5 Å². The number of carbonyl (C=O) groups is 2. The third kappa shape index (κ3) is 9.51. The van der Waals surface area contributed by atoms with E-state index in [1.54, 1.807) is 34.6 Å². The molecule has 1 fully saturated rings. The molecule has 1 N–H and O–H groups in total. The predicted molar refractivity (Wildman–Crippen MR) is 125 cm³/mol. The van der Waals surface area contributed by atoms with Gasteiger partial charge in [-0.1, -0.05) is 6.92 Å². The van der Waals surface area contributed by atoms with Crippen LogP contribution in [0.1, 0.15) is 47.3 Å². The molecule has 0 amide bonds. The molecule has 0 bridgehead atoms. The first-order valence-corrected chi connectivity index (χ1v) is 13.0. The van der Waals surface area contributed by atoms with E-state index in [-0.39, 0.29) is 6.42 Å². The SMILES string of the molecule is CC(C)OC(=O)OCOP(=O)(OCOC(=O)OC(C)C)OC[C@]1(CF)C[C@H](C)C(n2ccc(=O)[nH]c2=O)O1. The lowest BCUT2D eigenvalue weighted by Gasteiger charge is -2.28. The maximum Gasteiger partial charge on any atom is 0.510 e. The molecule has 15 nitrogen and oxygen atoms in total. The van der Waals surface area contributed by atoms with Crippen molar-refractivity contribution in [2.45, 2.75) is 65.1 Å². The third-order valence-electron chi connectivity index (χ3n) is 4.85. The maximum atomic E-state index is 14.2. The van der Waals surface area contributed by atoms with E-state index in [9.17, 15) is 28.1 Å². The van der Waals surface area contributed by atoms with Crippen LogP contribution in [0.15, 0.2) is 21.9 Å². The summed E-state index contributed by atoms with van der Waals surface area (Å²) in [4.78, 5) is 48.8. The van der Waals surface area contributed by atoms with E-state index >= 15 is 0 Å². The van der Waals surface area contributed by atoms with E-state index in [1.807, 2.05) is 0 Å². The molecule has 0 aliphatic carbocycles. The minimum absolute atomic E-state index is 0.00810. The fraction of sp³-hybridized carbons (Fsp3) is 0.714. The number of rotatable bonds is 13. The minimum atomic E-state index is -4.66. The molecular weight excluding hydrogens is 538 g/mol. The van der Waals surface area contributed by atoms with Gasteiger partial charge in [-0.05, 0) is 34.1 Å². The number of ether oxygens (including phenoxy) is 5. The maximum absolute atomic E-state index is 14.2. The summed E-state index contributed by atoms with van der Waals surface area (Å²) in [6.07, 6.45) is -3.05. The Bertz CT molecular complexity index is 1080. The second-order valence-corrected chi connectivity index (χ2v) is 10.5. The van der Waals surface area contributed by atoms with Crippen LogP contribution in [0.3, 0.4) is 0 Å². The van der Waals surface area contributed by atoms with Crippen molar-refractivity contribution in [3.8, 4) is 0 Å². The number of phosphoric acid groups is 1. The molecule has 0 aromatic carbocycles. The van der Waals surface area contributed by atoms with Crippen LogP contribution in [0, 0.1) is 5.92 Å². The van der Waals surface area contributed by atoms with Crippen LogP contribution < -0.4 is 11.2 Å². The van der Waals surface area contributed by atoms with Gasteiger partial charge in [-0.3, -0.25) is 18.9 Å². The molecule has 1 aliphatic rings. The smallest absolute Gasteiger partial charge is 0.432 e. The Morgan fingerprint density at radius 2 is 1.66 bits per heavy atom. The number of hydrogen-bond acceptors (Lipinski definition) is 13. The molecule has 1 aliphatic heterocycles. The Balaban J connectivity index is 2.10. The van der Waals surface area contributed by atoms with Gasteiger partial charge in [-0.2, -0.15) is 0 Å². The fourth-order valence-electron chi connectivity index (χ4n) is 3.32. The van der Waals surface area contributed by atoms with Crippen molar-refractivity contribution in [1.29, 1.82) is 0 Å². The van der Waals surface area contributed by atoms with Crippen LogP contribution in [-0.2, 0) is 41.8 Å². The number of aromatic amines is 1. The fourth-order valence-corrected chi connectivity index (χ4v) is 4.30. The second kappa shape index (κ2) is 13.8. The van der Waals surface area contributed by atoms with Gasteiger partial charge in [0.05, 0.1) is 18.8 Å². The summed E-state index contributed by atoms with van der Waals surface area (Å²) >= 11 is 0. The van der Waals surface area contributed by atoms with Gasteiger partial charge in [0, 0.05) is 18.2 Å². The Morgan fingerprint density at radius 1 is 1.11 bits per heavy atom. The van der Waals surface area contributed by atoms with Gasteiger partial charge in [-0.25, -0.2) is 32.4 Å². The van der Waals surface area contributed by atoms with Gasteiger partial charge in [0.2, 0.25) is 13.6 Å². The van der Waals surface area contributed by atoms with Crippen LogP contribution in [0.5, 0.6) is 0 Å². The van der Waals surface area contributed by atoms with E-state index in [4.69, 9.17) is 27.8 Å². The van der Waals surface area contributed by atoms with E-state index < -0.39 is 88.2 Å². The lowest BCUT2D eigenvalue weighted by molar-refractivity contribution is -0.117. The Kier molecular flexibility index (Phi) is 11.5. The highest BCUT2D eigenvalue weighted by atomic mass is 31.2. The standard InChI is InChI=1S/C21H32FN2O13P/c1-13(2)35-19(27)30-11-33-38(29,34-12-31-20(28)36-14(3)4)32-10-21(9-22)8-15(5)17(37-21)24-7-6-16(25)23-18(24)26/h6-7,13-15,17H,8-12H2,1-5H3,(H,23,25,26)/t15-,17?,21+/m0/s1. The van der Waals surface area contributed by atoms with Gasteiger partial charge in [0.15, 0.2) is 0 Å². The average Bonchev–Trinajstić information content (AvgIpc) is 3.13. The summed E-state index contributed by atoms with van der Waals surface area (Å²) in [6, 6.07) is 1.11. The molecule has 3 atom stereocenters. The average molecular weight is 570 g/mol. The van der Waals surface area contributed by atoms with Crippen LogP contribution >= 0.6 is 7.82 Å². The lowest BCUT2D eigenvalue weighted by atomic mass is 9.96. The highest BCUT2D eigenvalue weighted by Gasteiger charge is 2.48.